The average molecular weight is 253 g/mol. The normalized spacial score (nSPS) is 9.71. The van der Waals surface area contributed by atoms with Crippen LogP contribution in [-0.4, -0.2) is 32.0 Å². The van der Waals surface area contributed by atoms with Crippen molar-refractivity contribution in [2.75, 3.05) is 31.0 Å². The van der Waals surface area contributed by atoms with Crippen molar-refractivity contribution in [2.24, 2.45) is 0 Å². The van der Waals surface area contributed by atoms with Crippen molar-refractivity contribution in [2.45, 2.75) is 0 Å². The second kappa shape index (κ2) is 6.89. The summed E-state index contributed by atoms with van der Waals surface area (Å²) in [6.07, 6.45) is 0. The standard InChI is InChI=1S/C12H13ClN2O2/c1-17-7-6-15(12(16)8-13)11-4-2-10(9-14)3-5-11/h2-5H,6-8H2,1H3. The first-order chi connectivity index (χ1) is 8.22. The smallest absolute Gasteiger partial charge is 0.241 e. The quantitative estimate of drug-likeness (QED) is 0.751. The number of carbonyl (C=O) groups excluding carboxylic acids is 1. The zero-order chi connectivity index (χ0) is 12.7. The number of benzene rings is 1. The predicted molar refractivity (Wildman–Crippen MR) is 66.1 cm³/mol. The molecule has 1 rings (SSSR count). The number of carbonyl (C=O) groups is 1. The van der Waals surface area contributed by atoms with Gasteiger partial charge >= 0.3 is 0 Å². The summed E-state index contributed by atoms with van der Waals surface area (Å²) in [5, 5.41) is 8.69. The van der Waals surface area contributed by atoms with Crippen molar-refractivity contribution >= 4 is 23.2 Å². The van der Waals surface area contributed by atoms with Crippen LogP contribution in [0.1, 0.15) is 5.56 Å². The predicted octanol–water partition coefficient (Wildman–Crippen LogP) is 1.78. The Morgan fingerprint density at radius 1 is 1.47 bits per heavy atom. The number of rotatable bonds is 5. The van der Waals surface area contributed by atoms with Gasteiger partial charge in [-0.15, -0.1) is 11.6 Å². The Balaban J connectivity index is 2.88. The summed E-state index contributed by atoms with van der Waals surface area (Å²) in [4.78, 5) is 13.2. The van der Waals surface area contributed by atoms with E-state index < -0.39 is 0 Å². The van der Waals surface area contributed by atoms with Gasteiger partial charge in [0.25, 0.3) is 0 Å². The van der Waals surface area contributed by atoms with E-state index in [9.17, 15) is 4.79 Å². The molecule has 0 fully saturated rings. The van der Waals surface area contributed by atoms with Crippen LogP contribution in [-0.2, 0) is 9.53 Å². The third-order valence-corrected chi connectivity index (χ3v) is 2.47. The molecular formula is C12H13ClN2O2. The average Bonchev–Trinajstić information content (AvgIpc) is 2.39. The van der Waals surface area contributed by atoms with Crippen molar-refractivity contribution in [1.82, 2.24) is 0 Å². The van der Waals surface area contributed by atoms with Gasteiger partial charge in [-0.1, -0.05) is 0 Å². The molecule has 0 aliphatic carbocycles. The lowest BCUT2D eigenvalue weighted by atomic mass is 10.2. The molecule has 0 bridgehead atoms. The summed E-state index contributed by atoms with van der Waals surface area (Å²) in [6.45, 7) is 0.872. The molecule has 90 valence electrons. The van der Waals surface area contributed by atoms with Crippen LogP contribution in [0.25, 0.3) is 0 Å². The molecule has 0 radical (unpaired) electrons. The highest BCUT2D eigenvalue weighted by atomic mass is 35.5. The lowest BCUT2D eigenvalue weighted by molar-refractivity contribution is -0.116. The lowest BCUT2D eigenvalue weighted by Gasteiger charge is -2.21. The van der Waals surface area contributed by atoms with Crippen molar-refractivity contribution in [3.8, 4) is 6.07 Å². The van der Waals surface area contributed by atoms with E-state index in [1.807, 2.05) is 6.07 Å². The Labute approximate surface area is 105 Å². The Hall–Kier alpha value is -1.57. The van der Waals surface area contributed by atoms with Gasteiger partial charge in [0.2, 0.25) is 5.91 Å². The fourth-order valence-corrected chi connectivity index (χ4v) is 1.51. The number of ether oxygens (including phenoxy) is 1. The van der Waals surface area contributed by atoms with Crippen molar-refractivity contribution in [3.05, 3.63) is 29.8 Å². The molecule has 0 aromatic heterocycles. The van der Waals surface area contributed by atoms with E-state index in [0.717, 1.165) is 0 Å². The summed E-state index contributed by atoms with van der Waals surface area (Å²) in [7, 11) is 1.57. The molecule has 0 aliphatic heterocycles. The van der Waals surface area contributed by atoms with Crippen molar-refractivity contribution < 1.29 is 9.53 Å². The highest BCUT2D eigenvalue weighted by Crippen LogP contribution is 2.15. The van der Waals surface area contributed by atoms with Gasteiger partial charge in [0.05, 0.1) is 18.2 Å². The van der Waals surface area contributed by atoms with E-state index >= 15 is 0 Å². The molecule has 0 unspecified atom stereocenters. The molecule has 5 heteroatoms. The molecule has 0 spiro atoms. The number of amides is 1. The van der Waals surface area contributed by atoms with Gasteiger partial charge in [-0.3, -0.25) is 4.79 Å². The van der Waals surface area contributed by atoms with E-state index in [0.29, 0.717) is 24.4 Å². The Kier molecular flexibility index (Phi) is 5.47. The molecule has 4 nitrogen and oxygen atoms in total. The Morgan fingerprint density at radius 3 is 2.59 bits per heavy atom. The topological polar surface area (TPSA) is 53.3 Å². The number of nitriles is 1. The molecule has 1 amide bonds. The minimum Gasteiger partial charge on any atom is -0.383 e. The van der Waals surface area contributed by atoms with Crippen molar-refractivity contribution in [3.63, 3.8) is 0 Å². The summed E-state index contributed by atoms with van der Waals surface area (Å²) in [5.41, 5.74) is 1.27. The summed E-state index contributed by atoms with van der Waals surface area (Å²) < 4.78 is 4.94. The van der Waals surface area contributed by atoms with Crippen LogP contribution >= 0.6 is 11.6 Å². The van der Waals surface area contributed by atoms with Gasteiger partial charge in [0, 0.05) is 19.3 Å². The zero-order valence-electron chi connectivity index (χ0n) is 9.52. The van der Waals surface area contributed by atoms with Crippen LogP contribution in [0, 0.1) is 11.3 Å². The summed E-state index contributed by atoms with van der Waals surface area (Å²) in [5.74, 6) is -0.266. The molecule has 17 heavy (non-hydrogen) atoms. The Bertz CT molecular complexity index is 412. The van der Waals surface area contributed by atoms with Gasteiger partial charge < -0.3 is 9.64 Å². The lowest BCUT2D eigenvalue weighted by Crippen LogP contribution is -2.34. The zero-order valence-corrected chi connectivity index (χ0v) is 10.3. The summed E-state index contributed by atoms with van der Waals surface area (Å²) >= 11 is 5.55. The van der Waals surface area contributed by atoms with Gasteiger partial charge in [-0.2, -0.15) is 5.26 Å². The van der Waals surface area contributed by atoms with E-state index in [1.54, 1.807) is 31.4 Å². The van der Waals surface area contributed by atoms with Crippen LogP contribution in [0.3, 0.4) is 0 Å². The maximum Gasteiger partial charge on any atom is 0.241 e. The fraction of sp³-hybridized carbons (Fsp3) is 0.333. The van der Waals surface area contributed by atoms with E-state index in [2.05, 4.69) is 0 Å². The van der Waals surface area contributed by atoms with Gasteiger partial charge in [0.15, 0.2) is 0 Å². The third-order valence-electron chi connectivity index (χ3n) is 2.24. The Morgan fingerprint density at radius 2 is 2.12 bits per heavy atom. The number of anilines is 1. The molecule has 1 aromatic carbocycles. The summed E-state index contributed by atoms with van der Waals surface area (Å²) in [6, 6.07) is 8.79. The largest absolute Gasteiger partial charge is 0.383 e. The van der Waals surface area contributed by atoms with Crippen LogP contribution in [0.5, 0.6) is 0 Å². The molecule has 0 N–H and O–H groups in total. The number of halogens is 1. The number of hydrogen-bond donors (Lipinski definition) is 0. The number of alkyl halides is 1. The maximum atomic E-state index is 11.6. The SMILES string of the molecule is COCCN(C(=O)CCl)c1ccc(C#N)cc1. The molecule has 0 atom stereocenters. The fourth-order valence-electron chi connectivity index (χ4n) is 1.37. The number of nitrogens with zero attached hydrogens (tertiary/aromatic N) is 2. The minimum absolute atomic E-state index is 0.0796. The number of methoxy groups -OCH3 is 1. The molecule has 0 saturated heterocycles. The van der Waals surface area contributed by atoms with Crippen LogP contribution in [0.15, 0.2) is 24.3 Å². The highest BCUT2D eigenvalue weighted by molar-refractivity contribution is 6.29. The molecule has 0 aliphatic rings. The third kappa shape index (κ3) is 3.74. The van der Waals surface area contributed by atoms with E-state index in [1.165, 1.54) is 4.90 Å². The molecular weight excluding hydrogens is 240 g/mol. The van der Waals surface area contributed by atoms with Crippen LogP contribution in [0.2, 0.25) is 0 Å². The van der Waals surface area contributed by atoms with Gasteiger partial charge in [0.1, 0.15) is 5.88 Å². The number of hydrogen-bond acceptors (Lipinski definition) is 3. The first-order valence-electron chi connectivity index (χ1n) is 5.08. The first-order valence-corrected chi connectivity index (χ1v) is 5.61. The van der Waals surface area contributed by atoms with Gasteiger partial charge in [-0.05, 0) is 24.3 Å². The van der Waals surface area contributed by atoms with E-state index in [-0.39, 0.29) is 11.8 Å². The van der Waals surface area contributed by atoms with Crippen molar-refractivity contribution in [1.29, 1.82) is 5.26 Å². The molecule has 0 saturated carbocycles. The van der Waals surface area contributed by atoms with Crippen LogP contribution in [0.4, 0.5) is 5.69 Å². The highest BCUT2D eigenvalue weighted by Gasteiger charge is 2.14. The molecule has 0 heterocycles. The maximum absolute atomic E-state index is 11.6. The second-order valence-corrected chi connectivity index (χ2v) is 3.60. The minimum atomic E-state index is -0.187. The van der Waals surface area contributed by atoms with Crippen LogP contribution < -0.4 is 4.90 Å². The monoisotopic (exact) mass is 252 g/mol. The second-order valence-electron chi connectivity index (χ2n) is 3.33. The first kappa shape index (κ1) is 13.5. The molecule has 1 aromatic rings. The van der Waals surface area contributed by atoms with E-state index in [4.69, 9.17) is 21.6 Å². The van der Waals surface area contributed by atoms with Gasteiger partial charge in [-0.25, -0.2) is 0 Å².